The molecule has 0 heterocycles. The van der Waals surface area contributed by atoms with Crippen LogP contribution in [0.3, 0.4) is 0 Å². The molecule has 0 aliphatic heterocycles. The number of hydrogen-bond acceptors (Lipinski definition) is 3. The van der Waals surface area contributed by atoms with Crippen LogP contribution in [0.4, 0.5) is 10.1 Å². The van der Waals surface area contributed by atoms with Gasteiger partial charge in [-0.1, -0.05) is 26.0 Å². The fourth-order valence-corrected chi connectivity index (χ4v) is 3.17. The zero-order chi connectivity index (χ0) is 14.8. The van der Waals surface area contributed by atoms with Gasteiger partial charge in [-0.3, -0.25) is 0 Å². The van der Waals surface area contributed by atoms with Crippen molar-refractivity contribution in [1.29, 1.82) is 0 Å². The largest absolute Gasteiger partial charge is 0.467 e. The number of anilines is 1. The maximum atomic E-state index is 13.9. The van der Waals surface area contributed by atoms with Crippen LogP contribution in [0, 0.1) is 17.7 Å². The lowest BCUT2D eigenvalue weighted by Gasteiger charge is -2.43. The van der Waals surface area contributed by atoms with Crippen molar-refractivity contribution in [2.75, 3.05) is 12.4 Å². The molecule has 3 unspecified atom stereocenters. The smallest absolute Gasteiger partial charge is 0.331 e. The SMILES string of the molecule is COC(=O)C1(Nc2ccccc2F)CCC(C)CC1C. The van der Waals surface area contributed by atoms with Gasteiger partial charge in [-0.2, -0.15) is 0 Å². The van der Waals surface area contributed by atoms with E-state index in [2.05, 4.69) is 12.2 Å². The van der Waals surface area contributed by atoms with Gasteiger partial charge in [0.2, 0.25) is 0 Å². The van der Waals surface area contributed by atoms with Gasteiger partial charge in [0, 0.05) is 0 Å². The molecule has 4 heteroatoms. The van der Waals surface area contributed by atoms with E-state index >= 15 is 0 Å². The van der Waals surface area contributed by atoms with E-state index in [9.17, 15) is 9.18 Å². The zero-order valence-corrected chi connectivity index (χ0v) is 12.3. The van der Waals surface area contributed by atoms with E-state index in [0.717, 1.165) is 12.8 Å². The average Bonchev–Trinajstić information content (AvgIpc) is 2.43. The van der Waals surface area contributed by atoms with E-state index in [1.807, 2.05) is 6.92 Å². The van der Waals surface area contributed by atoms with Gasteiger partial charge >= 0.3 is 5.97 Å². The predicted octanol–water partition coefficient (Wildman–Crippen LogP) is 3.61. The van der Waals surface area contributed by atoms with Gasteiger partial charge in [0.1, 0.15) is 11.4 Å². The van der Waals surface area contributed by atoms with Gasteiger partial charge in [0.15, 0.2) is 0 Å². The van der Waals surface area contributed by atoms with Crippen LogP contribution in [0.15, 0.2) is 24.3 Å². The molecular weight excluding hydrogens is 257 g/mol. The van der Waals surface area contributed by atoms with Gasteiger partial charge in [-0.25, -0.2) is 9.18 Å². The quantitative estimate of drug-likeness (QED) is 0.859. The van der Waals surface area contributed by atoms with Crippen LogP contribution in [-0.4, -0.2) is 18.6 Å². The minimum atomic E-state index is -0.830. The Hall–Kier alpha value is -1.58. The summed E-state index contributed by atoms with van der Waals surface area (Å²) in [6.45, 7) is 4.21. The topological polar surface area (TPSA) is 38.3 Å². The third kappa shape index (κ3) is 2.65. The number of carbonyl (C=O) groups excluding carboxylic acids is 1. The first-order valence-corrected chi connectivity index (χ1v) is 7.10. The fraction of sp³-hybridized carbons (Fsp3) is 0.562. The monoisotopic (exact) mass is 279 g/mol. The van der Waals surface area contributed by atoms with E-state index in [-0.39, 0.29) is 17.7 Å². The van der Waals surface area contributed by atoms with Crippen LogP contribution in [0.25, 0.3) is 0 Å². The van der Waals surface area contributed by atoms with Crippen molar-refractivity contribution < 1.29 is 13.9 Å². The second-order valence-electron chi connectivity index (χ2n) is 5.85. The molecule has 0 radical (unpaired) electrons. The molecule has 1 N–H and O–H groups in total. The molecule has 3 atom stereocenters. The van der Waals surface area contributed by atoms with Gasteiger partial charge < -0.3 is 10.1 Å². The van der Waals surface area contributed by atoms with Crippen LogP contribution in [0.1, 0.15) is 33.1 Å². The first-order chi connectivity index (χ1) is 9.49. The Kier molecular flexibility index (Phi) is 4.31. The van der Waals surface area contributed by atoms with Crippen molar-refractivity contribution in [3.63, 3.8) is 0 Å². The van der Waals surface area contributed by atoms with Crippen molar-refractivity contribution in [1.82, 2.24) is 0 Å². The molecular formula is C16H22FNO2. The summed E-state index contributed by atoms with van der Waals surface area (Å²) in [4.78, 5) is 12.3. The number of nitrogens with one attached hydrogen (secondary N) is 1. The first kappa shape index (κ1) is 14.8. The average molecular weight is 279 g/mol. The van der Waals surface area contributed by atoms with Crippen molar-refractivity contribution in [2.24, 2.45) is 11.8 Å². The Balaban J connectivity index is 2.33. The summed E-state index contributed by atoms with van der Waals surface area (Å²) in [6, 6.07) is 6.44. The number of carbonyl (C=O) groups is 1. The van der Waals surface area contributed by atoms with E-state index in [0.29, 0.717) is 18.0 Å². The Morgan fingerprint density at radius 3 is 2.70 bits per heavy atom. The predicted molar refractivity (Wildman–Crippen MR) is 76.9 cm³/mol. The molecule has 1 aliphatic carbocycles. The summed E-state index contributed by atoms with van der Waals surface area (Å²) in [5.41, 5.74) is -0.469. The molecule has 0 bridgehead atoms. The van der Waals surface area contributed by atoms with Gasteiger partial charge in [-0.15, -0.1) is 0 Å². The molecule has 0 spiro atoms. The number of rotatable bonds is 3. The summed E-state index contributed by atoms with van der Waals surface area (Å²) < 4.78 is 18.9. The first-order valence-electron chi connectivity index (χ1n) is 7.10. The van der Waals surface area contributed by atoms with E-state index < -0.39 is 5.54 Å². The van der Waals surface area contributed by atoms with Gasteiger partial charge in [0.05, 0.1) is 12.8 Å². The molecule has 2 rings (SSSR count). The Morgan fingerprint density at radius 1 is 1.40 bits per heavy atom. The molecule has 1 aliphatic rings. The molecule has 3 nitrogen and oxygen atoms in total. The number of benzene rings is 1. The lowest BCUT2D eigenvalue weighted by atomic mass is 9.69. The van der Waals surface area contributed by atoms with Crippen LogP contribution in [0.5, 0.6) is 0 Å². The summed E-state index contributed by atoms with van der Waals surface area (Å²) in [5, 5.41) is 3.13. The second-order valence-corrected chi connectivity index (χ2v) is 5.85. The molecule has 0 saturated heterocycles. The Bertz CT molecular complexity index is 491. The van der Waals surface area contributed by atoms with Crippen molar-refractivity contribution in [3.05, 3.63) is 30.1 Å². The highest BCUT2D eigenvalue weighted by Gasteiger charge is 2.47. The third-order valence-corrected chi connectivity index (χ3v) is 4.41. The minimum Gasteiger partial charge on any atom is -0.467 e. The van der Waals surface area contributed by atoms with Crippen LogP contribution in [0.2, 0.25) is 0 Å². The highest BCUT2D eigenvalue weighted by atomic mass is 19.1. The number of hydrogen-bond donors (Lipinski definition) is 1. The molecule has 1 saturated carbocycles. The van der Waals surface area contributed by atoms with Crippen LogP contribution >= 0.6 is 0 Å². The normalized spacial score (nSPS) is 29.8. The Morgan fingerprint density at radius 2 is 2.10 bits per heavy atom. The number of methoxy groups -OCH3 is 1. The minimum absolute atomic E-state index is 0.0957. The van der Waals surface area contributed by atoms with Gasteiger partial charge in [0.25, 0.3) is 0 Å². The zero-order valence-electron chi connectivity index (χ0n) is 12.3. The molecule has 110 valence electrons. The van der Waals surface area contributed by atoms with E-state index in [1.165, 1.54) is 13.2 Å². The summed E-state index contributed by atoms with van der Waals surface area (Å²) in [5.74, 6) is 0.0188. The Labute approximate surface area is 119 Å². The lowest BCUT2D eigenvalue weighted by molar-refractivity contribution is -0.149. The molecule has 0 amide bonds. The second kappa shape index (κ2) is 5.81. The maximum absolute atomic E-state index is 13.9. The summed E-state index contributed by atoms with van der Waals surface area (Å²) in [6.07, 6.45) is 2.52. The molecule has 20 heavy (non-hydrogen) atoms. The highest BCUT2D eigenvalue weighted by Crippen LogP contribution is 2.40. The summed E-state index contributed by atoms with van der Waals surface area (Å²) >= 11 is 0. The fourth-order valence-electron chi connectivity index (χ4n) is 3.17. The molecule has 1 aromatic carbocycles. The summed E-state index contributed by atoms with van der Waals surface area (Å²) in [7, 11) is 1.39. The molecule has 0 aromatic heterocycles. The standard InChI is InChI=1S/C16H22FNO2/c1-11-8-9-16(12(2)10-11,15(19)20-3)18-14-7-5-4-6-13(14)17/h4-7,11-12,18H,8-10H2,1-3H3. The molecule has 1 aromatic rings. The van der Waals surface area contributed by atoms with Crippen molar-refractivity contribution in [3.8, 4) is 0 Å². The maximum Gasteiger partial charge on any atom is 0.331 e. The number of halogens is 1. The van der Waals surface area contributed by atoms with Gasteiger partial charge in [-0.05, 0) is 43.2 Å². The van der Waals surface area contributed by atoms with E-state index in [1.54, 1.807) is 18.2 Å². The van der Waals surface area contributed by atoms with Crippen molar-refractivity contribution in [2.45, 2.75) is 38.6 Å². The third-order valence-electron chi connectivity index (χ3n) is 4.41. The van der Waals surface area contributed by atoms with Crippen LogP contribution in [-0.2, 0) is 9.53 Å². The van der Waals surface area contributed by atoms with E-state index in [4.69, 9.17) is 4.74 Å². The number of esters is 1. The van der Waals surface area contributed by atoms with Crippen molar-refractivity contribution >= 4 is 11.7 Å². The number of ether oxygens (including phenoxy) is 1. The van der Waals surface area contributed by atoms with Crippen LogP contribution < -0.4 is 5.32 Å². The highest BCUT2D eigenvalue weighted by molar-refractivity contribution is 5.85. The lowest BCUT2D eigenvalue weighted by Crippen LogP contribution is -2.55. The molecule has 1 fully saturated rings. The number of para-hydroxylation sites is 1.